The highest BCUT2D eigenvalue weighted by atomic mass is 28.3. The maximum absolute atomic E-state index is 12.3. The van der Waals surface area contributed by atoms with Crippen molar-refractivity contribution in [1.82, 2.24) is 16.0 Å². The maximum atomic E-state index is 12.3. The second-order valence-corrected chi connectivity index (χ2v) is 25.9. The van der Waals surface area contributed by atoms with E-state index in [1.807, 2.05) is 45.0 Å². The monoisotopic (exact) mass is 623 g/mol. The molecule has 0 fully saturated rings. The first-order chi connectivity index (χ1) is 19.8. The van der Waals surface area contributed by atoms with Crippen molar-refractivity contribution in [3.05, 3.63) is 69.8 Å². The topological polar surface area (TPSA) is 114 Å². The summed E-state index contributed by atoms with van der Waals surface area (Å²) in [6.45, 7) is 18.9. The predicted molar refractivity (Wildman–Crippen MR) is 177 cm³/mol. The molecule has 0 heterocycles. The van der Waals surface area contributed by atoms with E-state index in [0.717, 1.165) is 53.9 Å². The van der Waals surface area contributed by atoms with Crippen molar-refractivity contribution in [3.8, 4) is 0 Å². The van der Waals surface area contributed by atoms with Crippen LogP contribution < -0.4 is 16.0 Å². The lowest BCUT2D eigenvalue weighted by Gasteiger charge is -2.22. The molecule has 0 aliphatic heterocycles. The summed E-state index contributed by atoms with van der Waals surface area (Å²) < 4.78 is 5.33. The number of ketones is 1. The van der Waals surface area contributed by atoms with Crippen molar-refractivity contribution in [2.45, 2.75) is 97.4 Å². The molecule has 234 valence electrons. The van der Waals surface area contributed by atoms with Gasteiger partial charge in [0.2, 0.25) is 0 Å². The number of fused-ring (bicyclic) bond motifs is 2. The normalized spacial score (nSPS) is 15.9. The Morgan fingerprint density at radius 3 is 1.86 bits per heavy atom. The van der Waals surface area contributed by atoms with Crippen LogP contribution in [0.5, 0.6) is 0 Å². The highest BCUT2D eigenvalue weighted by molar-refractivity contribution is 6.76. The number of nitrogens with one attached hydrogen (secondary N) is 3. The van der Waals surface area contributed by atoms with E-state index in [1.165, 1.54) is 0 Å². The number of hydrogen-bond donors (Lipinski definition) is 3. The molecule has 2 aliphatic rings. The van der Waals surface area contributed by atoms with Crippen molar-refractivity contribution in [2.24, 2.45) is 0 Å². The van der Waals surface area contributed by atoms with E-state index in [9.17, 15) is 19.2 Å². The standard InChI is InChI=1S/C19H30N2O3Si.C14H19NO2Si/c1-19(2,3)24-18(23)21-16-10-8-13-11-14(7-9-15(13)16)17(22)20-12-25(4,5)6;1-18(2,3)9-15-14(17)11-4-6-12-10(8-11)5-7-13(12)16/h7,9,11,16H,8,10,12H2,1-6H3,(H,20,22)(H,21,23);4,6,8H,5,7,9H2,1-3H3,(H,15,17). The Morgan fingerprint density at radius 2 is 1.33 bits per heavy atom. The van der Waals surface area contributed by atoms with Gasteiger partial charge < -0.3 is 20.7 Å². The summed E-state index contributed by atoms with van der Waals surface area (Å²) >= 11 is 0. The maximum Gasteiger partial charge on any atom is 0.408 e. The minimum Gasteiger partial charge on any atom is -0.444 e. The second-order valence-electron chi connectivity index (χ2n) is 14.9. The van der Waals surface area contributed by atoms with Crippen molar-refractivity contribution in [1.29, 1.82) is 0 Å². The molecule has 0 saturated heterocycles. The first kappa shape index (κ1) is 34.2. The fourth-order valence-corrected chi connectivity index (χ4v) is 6.23. The van der Waals surface area contributed by atoms with Gasteiger partial charge in [-0.2, -0.15) is 0 Å². The van der Waals surface area contributed by atoms with Crippen molar-refractivity contribution < 1.29 is 23.9 Å². The Balaban J connectivity index is 0.000000248. The van der Waals surface area contributed by atoms with E-state index >= 15 is 0 Å². The van der Waals surface area contributed by atoms with E-state index in [1.54, 1.807) is 12.1 Å². The van der Waals surface area contributed by atoms with Crippen LogP contribution in [0.4, 0.5) is 4.79 Å². The van der Waals surface area contributed by atoms with Gasteiger partial charge in [0.1, 0.15) is 5.60 Å². The van der Waals surface area contributed by atoms with Crippen LogP contribution in [0.25, 0.3) is 0 Å². The van der Waals surface area contributed by atoms with Gasteiger partial charge in [-0.15, -0.1) is 0 Å². The zero-order valence-electron chi connectivity index (χ0n) is 27.3. The lowest BCUT2D eigenvalue weighted by molar-refractivity contribution is 0.0503. The predicted octanol–water partition coefficient (Wildman–Crippen LogP) is 6.23. The van der Waals surface area contributed by atoms with Crippen LogP contribution in [0.1, 0.15) is 87.4 Å². The fourth-order valence-electron chi connectivity index (χ4n) is 4.85. The summed E-state index contributed by atoms with van der Waals surface area (Å²) in [5, 5.41) is 8.94. The molecule has 43 heavy (non-hydrogen) atoms. The third-order valence-corrected chi connectivity index (χ3v) is 9.50. The number of benzene rings is 2. The number of rotatable bonds is 7. The molecule has 0 aromatic heterocycles. The molecule has 3 amide bonds. The van der Waals surface area contributed by atoms with Crippen LogP contribution in [0.2, 0.25) is 39.3 Å². The van der Waals surface area contributed by atoms with Crippen LogP contribution in [0.3, 0.4) is 0 Å². The molecule has 1 atom stereocenters. The van der Waals surface area contributed by atoms with E-state index in [-0.39, 0.29) is 23.6 Å². The van der Waals surface area contributed by atoms with Crippen LogP contribution in [-0.2, 0) is 17.6 Å². The van der Waals surface area contributed by atoms with Crippen molar-refractivity contribution >= 4 is 39.8 Å². The zero-order valence-corrected chi connectivity index (χ0v) is 29.3. The number of carbonyl (C=O) groups is 4. The summed E-state index contributed by atoms with van der Waals surface area (Å²) in [6, 6.07) is 11.1. The number of carbonyl (C=O) groups excluding carboxylic acids is 4. The largest absolute Gasteiger partial charge is 0.444 e. The number of alkyl carbamates (subject to hydrolysis) is 1. The van der Waals surface area contributed by atoms with Gasteiger partial charge in [0, 0.05) is 35.4 Å². The fraction of sp³-hybridized carbons (Fsp3) is 0.515. The molecule has 2 aromatic carbocycles. The van der Waals surface area contributed by atoms with Crippen molar-refractivity contribution in [3.63, 3.8) is 0 Å². The molecule has 10 heteroatoms. The summed E-state index contributed by atoms with van der Waals surface area (Å²) in [7, 11) is -2.59. The van der Waals surface area contributed by atoms with E-state index < -0.39 is 27.8 Å². The average molecular weight is 624 g/mol. The summed E-state index contributed by atoms with van der Waals surface area (Å²) in [5.74, 6) is 0.146. The van der Waals surface area contributed by atoms with Crippen molar-refractivity contribution in [2.75, 3.05) is 12.3 Å². The average Bonchev–Trinajstić information content (AvgIpc) is 3.46. The smallest absolute Gasteiger partial charge is 0.408 e. The van der Waals surface area contributed by atoms with E-state index in [4.69, 9.17) is 4.74 Å². The molecule has 2 aliphatic carbocycles. The first-order valence-corrected chi connectivity index (χ1v) is 22.6. The van der Waals surface area contributed by atoms with Crippen LogP contribution in [-0.4, -0.2) is 57.8 Å². The Kier molecular flexibility index (Phi) is 10.8. The highest BCUT2D eigenvalue weighted by Crippen LogP contribution is 2.32. The van der Waals surface area contributed by atoms with Gasteiger partial charge in [0.25, 0.3) is 11.8 Å². The zero-order chi connectivity index (χ0) is 32.2. The molecule has 0 saturated carbocycles. The lowest BCUT2D eigenvalue weighted by atomic mass is 10.0. The molecule has 2 aromatic rings. The van der Waals surface area contributed by atoms with Gasteiger partial charge in [-0.25, -0.2) is 4.79 Å². The number of Topliss-reactive ketones (excluding diaryl/α,β-unsaturated/α-hetero) is 1. The Labute approximate surface area is 258 Å². The summed E-state index contributed by atoms with van der Waals surface area (Å²) in [6.07, 6.45) is 4.17. The third kappa shape index (κ3) is 10.8. The number of aryl methyl sites for hydroxylation is 2. The third-order valence-electron chi connectivity index (χ3n) is 7.02. The summed E-state index contributed by atoms with van der Waals surface area (Å²) in [5.41, 5.74) is 4.85. The van der Waals surface area contributed by atoms with E-state index in [2.05, 4.69) is 55.2 Å². The second kappa shape index (κ2) is 13.6. The van der Waals surface area contributed by atoms with Gasteiger partial charge in [0.05, 0.1) is 22.2 Å². The Hall–Kier alpha value is -3.25. The quantitative estimate of drug-likeness (QED) is 0.317. The van der Waals surface area contributed by atoms with Crippen LogP contribution in [0, 0.1) is 0 Å². The SMILES string of the molecule is CC(C)(C)OC(=O)NC1CCc2cc(C(=O)NC[Si](C)(C)C)ccc21.C[Si](C)(C)CNC(=O)c1ccc2c(c1)CCC2=O. The minimum atomic E-state index is -1.32. The summed E-state index contributed by atoms with van der Waals surface area (Å²) in [4.78, 5) is 47.8. The Bertz CT molecular complexity index is 1370. The van der Waals surface area contributed by atoms with Crippen LogP contribution in [0.15, 0.2) is 36.4 Å². The van der Waals surface area contributed by atoms with E-state index in [0.29, 0.717) is 17.5 Å². The Morgan fingerprint density at radius 1 is 0.791 bits per heavy atom. The number of amides is 3. The molecule has 8 nitrogen and oxygen atoms in total. The van der Waals surface area contributed by atoms with Gasteiger partial charge in [0.15, 0.2) is 5.78 Å². The molecular weight excluding hydrogens is 575 g/mol. The molecule has 0 spiro atoms. The molecule has 0 bridgehead atoms. The van der Waals surface area contributed by atoms with Crippen LogP contribution >= 0.6 is 0 Å². The lowest BCUT2D eigenvalue weighted by Crippen LogP contribution is -2.39. The number of hydrogen-bond acceptors (Lipinski definition) is 5. The van der Waals surface area contributed by atoms with Gasteiger partial charge in [-0.1, -0.05) is 51.4 Å². The van der Waals surface area contributed by atoms with Gasteiger partial charge >= 0.3 is 6.09 Å². The molecule has 0 radical (unpaired) electrons. The molecular formula is C33H49N3O5Si2. The minimum absolute atomic E-state index is 0.0197. The van der Waals surface area contributed by atoms with Gasteiger partial charge in [-0.05, 0) is 81.0 Å². The highest BCUT2D eigenvalue weighted by Gasteiger charge is 2.27. The molecule has 1 unspecified atom stereocenters. The molecule has 4 rings (SSSR count). The van der Waals surface area contributed by atoms with Gasteiger partial charge in [-0.3, -0.25) is 14.4 Å². The molecule has 3 N–H and O–H groups in total. The number of ether oxygens (including phenoxy) is 1. The first-order valence-electron chi connectivity index (χ1n) is 15.2.